The molecule has 1 atom stereocenters. The molecule has 3 nitrogen and oxygen atoms in total. The Bertz CT molecular complexity index is 685. The van der Waals surface area contributed by atoms with Crippen molar-refractivity contribution < 1.29 is 4.79 Å². The lowest BCUT2D eigenvalue weighted by Gasteiger charge is -2.28. The number of nitriles is 1. The second kappa shape index (κ2) is 4.58. The van der Waals surface area contributed by atoms with Crippen molar-refractivity contribution in [3.8, 4) is 6.07 Å². The molecular weight excluding hydrogens is 236 g/mol. The van der Waals surface area contributed by atoms with Crippen LogP contribution in [0.5, 0.6) is 0 Å². The third-order valence-corrected chi connectivity index (χ3v) is 3.48. The highest BCUT2D eigenvalue weighted by Crippen LogP contribution is 2.35. The molecule has 1 aliphatic carbocycles. The molecule has 0 saturated heterocycles. The van der Waals surface area contributed by atoms with Crippen molar-refractivity contribution >= 4 is 11.6 Å². The molecule has 0 aliphatic heterocycles. The maximum Gasteiger partial charge on any atom is 0.232 e. The van der Waals surface area contributed by atoms with Crippen molar-refractivity contribution in [1.29, 1.82) is 5.26 Å². The van der Waals surface area contributed by atoms with Gasteiger partial charge in [-0.2, -0.15) is 5.26 Å². The first-order valence-corrected chi connectivity index (χ1v) is 6.17. The lowest BCUT2D eigenvalue weighted by molar-refractivity contribution is -0.118. The summed E-state index contributed by atoms with van der Waals surface area (Å²) in [6.07, 6.45) is 0.775. The van der Waals surface area contributed by atoms with Gasteiger partial charge in [-0.05, 0) is 29.7 Å². The number of amides is 1. The van der Waals surface area contributed by atoms with E-state index in [4.69, 9.17) is 5.26 Å². The van der Waals surface area contributed by atoms with Crippen LogP contribution in [0, 0.1) is 11.3 Å². The van der Waals surface area contributed by atoms with Crippen molar-refractivity contribution in [2.75, 3.05) is 5.32 Å². The summed E-state index contributed by atoms with van der Waals surface area (Å²) in [5.74, 6) is -0.135. The van der Waals surface area contributed by atoms with Gasteiger partial charge in [0.15, 0.2) is 0 Å². The van der Waals surface area contributed by atoms with Gasteiger partial charge in [-0.1, -0.05) is 36.4 Å². The third kappa shape index (κ3) is 1.98. The van der Waals surface area contributed by atoms with Crippen LogP contribution in [0.4, 0.5) is 5.69 Å². The lowest BCUT2D eigenvalue weighted by atomic mass is 9.77. The standard InChI is InChI=1S/C16H12N2O/c17-10-12-6-2-4-8-15(12)18-16(19)14-9-11-5-1-3-7-13(11)14/h1-8,14H,9H2,(H,18,19). The van der Waals surface area contributed by atoms with E-state index >= 15 is 0 Å². The van der Waals surface area contributed by atoms with Gasteiger partial charge < -0.3 is 5.32 Å². The lowest BCUT2D eigenvalue weighted by Crippen LogP contribution is -2.30. The van der Waals surface area contributed by atoms with Gasteiger partial charge in [-0.15, -0.1) is 0 Å². The van der Waals surface area contributed by atoms with Gasteiger partial charge in [0.25, 0.3) is 0 Å². The zero-order chi connectivity index (χ0) is 13.2. The molecule has 19 heavy (non-hydrogen) atoms. The molecule has 92 valence electrons. The van der Waals surface area contributed by atoms with Crippen molar-refractivity contribution in [2.45, 2.75) is 12.3 Å². The van der Waals surface area contributed by atoms with Crippen LogP contribution in [0.1, 0.15) is 22.6 Å². The molecule has 0 heterocycles. The number of benzene rings is 2. The fourth-order valence-corrected chi connectivity index (χ4v) is 2.40. The van der Waals surface area contributed by atoms with E-state index in [0.29, 0.717) is 11.3 Å². The first-order valence-electron chi connectivity index (χ1n) is 6.17. The Labute approximate surface area is 111 Å². The molecule has 0 radical (unpaired) electrons. The van der Waals surface area contributed by atoms with Gasteiger partial charge in [0, 0.05) is 0 Å². The van der Waals surface area contributed by atoms with Gasteiger partial charge in [-0.25, -0.2) is 0 Å². The SMILES string of the molecule is N#Cc1ccccc1NC(=O)C1Cc2ccccc21. The van der Waals surface area contributed by atoms with Crippen molar-refractivity contribution in [3.05, 3.63) is 65.2 Å². The van der Waals surface area contributed by atoms with Crippen LogP contribution in [0.15, 0.2) is 48.5 Å². The second-order valence-corrected chi connectivity index (χ2v) is 4.60. The maximum absolute atomic E-state index is 12.2. The summed E-state index contributed by atoms with van der Waals surface area (Å²) in [5, 5.41) is 11.8. The summed E-state index contributed by atoms with van der Waals surface area (Å²) < 4.78 is 0. The van der Waals surface area contributed by atoms with E-state index < -0.39 is 0 Å². The molecule has 2 aromatic rings. The van der Waals surface area contributed by atoms with E-state index in [1.807, 2.05) is 30.3 Å². The summed E-state index contributed by atoms with van der Waals surface area (Å²) in [5.41, 5.74) is 3.40. The number of carbonyl (C=O) groups excluding carboxylic acids is 1. The average molecular weight is 248 g/mol. The first kappa shape index (κ1) is 11.5. The molecule has 1 aliphatic rings. The smallest absolute Gasteiger partial charge is 0.232 e. The minimum Gasteiger partial charge on any atom is -0.324 e. The van der Waals surface area contributed by atoms with Crippen molar-refractivity contribution in [2.24, 2.45) is 0 Å². The molecule has 0 aromatic heterocycles. The second-order valence-electron chi connectivity index (χ2n) is 4.60. The van der Waals surface area contributed by atoms with Gasteiger partial charge >= 0.3 is 0 Å². The molecule has 0 bridgehead atoms. The fraction of sp³-hybridized carbons (Fsp3) is 0.125. The Hall–Kier alpha value is -2.60. The molecule has 0 spiro atoms. The molecule has 2 aromatic carbocycles. The Morgan fingerprint density at radius 3 is 2.68 bits per heavy atom. The van der Waals surface area contributed by atoms with Crippen molar-refractivity contribution in [1.82, 2.24) is 0 Å². The monoisotopic (exact) mass is 248 g/mol. The van der Waals surface area contributed by atoms with Gasteiger partial charge in [-0.3, -0.25) is 4.79 Å². The van der Waals surface area contributed by atoms with E-state index in [1.165, 1.54) is 5.56 Å². The van der Waals surface area contributed by atoms with Crippen LogP contribution in [-0.4, -0.2) is 5.91 Å². The largest absolute Gasteiger partial charge is 0.324 e. The highest BCUT2D eigenvalue weighted by atomic mass is 16.1. The summed E-state index contributed by atoms with van der Waals surface area (Å²) in [6.45, 7) is 0. The number of para-hydroxylation sites is 1. The molecule has 3 heteroatoms. The quantitative estimate of drug-likeness (QED) is 0.888. The number of hydrogen-bond acceptors (Lipinski definition) is 2. The number of rotatable bonds is 2. The highest BCUT2D eigenvalue weighted by molar-refractivity contribution is 5.98. The minimum atomic E-state index is -0.0945. The molecule has 1 amide bonds. The van der Waals surface area contributed by atoms with Crippen LogP contribution in [-0.2, 0) is 11.2 Å². The maximum atomic E-state index is 12.2. The van der Waals surface area contributed by atoms with Crippen LogP contribution in [0.25, 0.3) is 0 Å². The minimum absolute atomic E-state index is 0.0404. The number of hydrogen-bond donors (Lipinski definition) is 1. The van der Waals surface area contributed by atoms with Crippen LogP contribution in [0.2, 0.25) is 0 Å². The highest BCUT2D eigenvalue weighted by Gasteiger charge is 2.31. The number of nitrogens with one attached hydrogen (secondary N) is 1. The molecular formula is C16H12N2O. The first-order chi connectivity index (χ1) is 9.29. The predicted octanol–water partition coefficient (Wildman–Crippen LogP) is 2.84. The molecule has 0 fully saturated rings. The van der Waals surface area contributed by atoms with Crippen LogP contribution < -0.4 is 5.32 Å². The normalized spacial score (nSPS) is 15.8. The van der Waals surface area contributed by atoms with Gasteiger partial charge in [0.1, 0.15) is 6.07 Å². The van der Waals surface area contributed by atoms with Crippen molar-refractivity contribution in [3.63, 3.8) is 0 Å². The zero-order valence-electron chi connectivity index (χ0n) is 10.3. The Kier molecular flexibility index (Phi) is 2.77. The van der Waals surface area contributed by atoms with Crippen LogP contribution in [0.3, 0.4) is 0 Å². The number of nitrogens with zero attached hydrogens (tertiary/aromatic N) is 1. The summed E-state index contributed by atoms with van der Waals surface area (Å²) in [6, 6.07) is 17.1. The van der Waals surface area contributed by atoms with Crippen LogP contribution >= 0.6 is 0 Å². The number of carbonyl (C=O) groups is 1. The zero-order valence-corrected chi connectivity index (χ0v) is 10.3. The molecule has 1 N–H and O–H groups in total. The van der Waals surface area contributed by atoms with E-state index in [1.54, 1.807) is 18.2 Å². The number of anilines is 1. The summed E-state index contributed by atoms with van der Waals surface area (Å²) in [4.78, 5) is 12.2. The molecule has 0 saturated carbocycles. The van der Waals surface area contributed by atoms with Gasteiger partial charge in [0.2, 0.25) is 5.91 Å². The third-order valence-electron chi connectivity index (χ3n) is 3.48. The van der Waals surface area contributed by atoms with E-state index in [-0.39, 0.29) is 11.8 Å². The topological polar surface area (TPSA) is 52.9 Å². The fourth-order valence-electron chi connectivity index (χ4n) is 2.40. The summed E-state index contributed by atoms with van der Waals surface area (Å²) in [7, 11) is 0. The van der Waals surface area contributed by atoms with E-state index in [2.05, 4.69) is 11.4 Å². The number of fused-ring (bicyclic) bond motifs is 1. The molecule has 3 rings (SSSR count). The Balaban J connectivity index is 1.79. The predicted molar refractivity (Wildman–Crippen MR) is 72.7 cm³/mol. The summed E-state index contributed by atoms with van der Waals surface area (Å²) >= 11 is 0. The average Bonchev–Trinajstić information content (AvgIpc) is 2.41. The van der Waals surface area contributed by atoms with Gasteiger partial charge in [0.05, 0.1) is 17.2 Å². The van der Waals surface area contributed by atoms with E-state index in [9.17, 15) is 4.79 Å². The Morgan fingerprint density at radius 1 is 1.16 bits per heavy atom. The van der Waals surface area contributed by atoms with E-state index in [0.717, 1.165) is 12.0 Å². The molecule has 1 unspecified atom stereocenters. The Morgan fingerprint density at radius 2 is 1.89 bits per heavy atom.